The zero-order chi connectivity index (χ0) is 11.4. The van der Waals surface area contributed by atoms with Gasteiger partial charge in [0.1, 0.15) is 0 Å². The van der Waals surface area contributed by atoms with Gasteiger partial charge in [-0.25, -0.2) is 0 Å². The van der Waals surface area contributed by atoms with Gasteiger partial charge in [-0.1, -0.05) is 18.2 Å². The maximum atomic E-state index is 5.37. The van der Waals surface area contributed by atoms with Gasteiger partial charge in [0.25, 0.3) is 0 Å². The van der Waals surface area contributed by atoms with Crippen LogP contribution in [0.1, 0.15) is 29.7 Å². The normalized spacial score (nSPS) is 15.0. The zero-order valence-corrected chi connectivity index (χ0v) is 10.3. The van der Waals surface area contributed by atoms with E-state index in [0.717, 1.165) is 0 Å². The lowest BCUT2D eigenvalue weighted by atomic mass is 9.98. The Labute approximate surface area is 92.6 Å². The van der Waals surface area contributed by atoms with Crippen molar-refractivity contribution in [2.45, 2.75) is 32.9 Å². The number of hydrogen-bond donors (Lipinski definition) is 1. The molecule has 0 aliphatic heterocycles. The predicted octanol–water partition coefficient (Wildman–Crippen LogP) is 2.60. The summed E-state index contributed by atoms with van der Waals surface area (Å²) >= 11 is 0. The second-order valence-electron chi connectivity index (χ2n) is 4.05. The van der Waals surface area contributed by atoms with Crippen LogP contribution in [0.2, 0.25) is 0 Å². The summed E-state index contributed by atoms with van der Waals surface area (Å²) in [5.41, 5.74) is 3.95. The number of ether oxygens (including phenoxy) is 1. The van der Waals surface area contributed by atoms with Gasteiger partial charge in [-0.3, -0.25) is 0 Å². The van der Waals surface area contributed by atoms with Crippen LogP contribution in [0.4, 0.5) is 0 Å². The summed E-state index contributed by atoms with van der Waals surface area (Å²) in [6.07, 6.45) is 0.178. The Balaban J connectivity index is 2.97. The van der Waals surface area contributed by atoms with Crippen LogP contribution in [-0.4, -0.2) is 20.3 Å². The number of rotatable bonds is 4. The fourth-order valence-electron chi connectivity index (χ4n) is 1.77. The van der Waals surface area contributed by atoms with Gasteiger partial charge >= 0.3 is 0 Å². The van der Waals surface area contributed by atoms with Crippen LogP contribution in [0, 0.1) is 13.8 Å². The Kier molecular flexibility index (Phi) is 4.30. The van der Waals surface area contributed by atoms with Crippen LogP contribution >= 0.6 is 0 Å². The van der Waals surface area contributed by atoms with Gasteiger partial charge in [0, 0.05) is 7.11 Å². The minimum Gasteiger partial charge on any atom is -0.380 e. The highest BCUT2D eigenvalue weighted by Gasteiger charge is 2.16. The molecule has 2 unspecified atom stereocenters. The summed E-state index contributed by atoms with van der Waals surface area (Å²) in [7, 11) is 3.71. The first-order valence-electron chi connectivity index (χ1n) is 5.37. The molecule has 15 heavy (non-hydrogen) atoms. The molecule has 1 N–H and O–H groups in total. The molecular weight excluding hydrogens is 186 g/mol. The van der Waals surface area contributed by atoms with E-state index in [4.69, 9.17) is 4.74 Å². The summed E-state index contributed by atoms with van der Waals surface area (Å²) < 4.78 is 5.37. The molecule has 2 nitrogen and oxygen atoms in total. The van der Waals surface area contributed by atoms with Crippen LogP contribution in [0.5, 0.6) is 0 Å². The maximum absolute atomic E-state index is 5.37. The van der Waals surface area contributed by atoms with Crippen molar-refractivity contribution in [1.82, 2.24) is 5.32 Å². The molecule has 1 aromatic rings. The first-order chi connectivity index (χ1) is 7.10. The number of aryl methyl sites for hydroxylation is 2. The average Bonchev–Trinajstić information content (AvgIpc) is 2.24. The third kappa shape index (κ3) is 2.80. The Morgan fingerprint density at radius 1 is 1.20 bits per heavy atom. The van der Waals surface area contributed by atoms with Crippen molar-refractivity contribution in [3.05, 3.63) is 34.9 Å². The molecule has 0 amide bonds. The van der Waals surface area contributed by atoms with E-state index >= 15 is 0 Å². The highest BCUT2D eigenvalue weighted by molar-refractivity contribution is 5.32. The summed E-state index contributed by atoms with van der Waals surface area (Å²) in [6, 6.07) is 6.82. The van der Waals surface area contributed by atoms with Crippen molar-refractivity contribution in [3.63, 3.8) is 0 Å². The van der Waals surface area contributed by atoms with Gasteiger partial charge in [0.05, 0.1) is 12.1 Å². The minimum absolute atomic E-state index is 0.178. The largest absolute Gasteiger partial charge is 0.380 e. The number of hydrogen-bond acceptors (Lipinski definition) is 2. The van der Waals surface area contributed by atoms with E-state index in [1.54, 1.807) is 7.11 Å². The molecular formula is C13H21NO. The third-order valence-corrected chi connectivity index (χ3v) is 3.04. The van der Waals surface area contributed by atoms with E-state index in [9.17, 15) is 0 Å². The molecule has 0 spiro atoms. The van der Waals surface area contributed by atoms with Crippen LogP contribution in [0.25, 0.3) is 0 Å². The van der Waals surface area contributed by atoms with Crippen molar-refractivity contribution < 1.29 is 4.74 Å². The van der Waals surface area contributed by atoms with Crippen LogP contribution in [-0.2, 0) is 4.74 Å². The first-order valence-corrected chi connectivity index (χ1v) is 5.37. The fraction of sp³-hybridized carbons (Fsp3) is 0.538. The molecule has 1 aromatic carbocycles. The highest BCUT2D eigenvalue weighted by Crippen LogP contribution is 2.21. The first kappa shape index (κ1) is 12.2. The average molecular weight is 207 g/mol. The van der Waals surface area contributed by atoms with E-state index in [0.29, 0.717) is 0 Å². The second kappa shape index (κ2) is 5.29. The fourth-order valence-corrected chi connectivity index (χ4v) is 1.77. The van der Waals surface area contributed by atoms with E-state index in [1.165, 1.54) is 16.7 Å². The number of likely N-dealkylation sites (N-methyl/N-ethyl adjacent to an activating group) is 1. The lowest BCUT2D eigenvalue weighted by Gasteiger charge is -2.23. The highest BCUT2D eigenvalue weighted by atomic mass is 16.5. The van der Waals surface area contributed by atoms with Crippen molar-refractivity contribution in [2.24, 2.45) is 0 Å². The van der Waals surface area contributed by atoms with Crippen molar-refractivity contribution in [1.29, 1.82) is 0 Å². The van der Waals surface area contributed by atoms with Crippen LogP contribution in [0.3, 0.4) is 0 Å². The monoisotopic (exact) mass is 207 g/mol. The lowest BCUT2D eigenvalue weighted by Crippen LogP contribution is -2.28. The zero-order valence-electron chi connectivity index (χ0n) is 10.3. The SMILES string of the molecule is CNC(c1ccc(C)c(C)c1)C(C)OC. The number of methoxy groups -OCH3 is 1. The second-order valence-corrected chi connectivity index (χ2v) is 4.05. The Morgan fingerprint density at radius 2 is 1.87 bits per heavy atom. The Bertz CT molecular complexity index is 322. The molecule has 0 heterocycles. The van der Waals surface area contributed by atoms with E-state index in [2.05, 4.69) is 44.3 Å². The molecule has 0 radical (unpaired) electrons. The minimum atomic E-state index is 0.178. The maximum Gasteiger partial charge on any atom is 0.0737 e. The molecule has 0 aliphatic rings. The molecule has 0 saturated heterocycles. The van der Waals surface area contributed by atoms with Crippen LogP contribution in [0.15, 0.2) is 18.2 Å². The van der Waals surface area contributed by atoms with E-state index in [-0.39, 0.29) is 12.1 Å². The van der Waals surface area contributed by atoms with Crippen LogP contribution < -0.4 is 5.32 Å². The van der Waals surface area contributed by atoms with Gasteiger partial charge in [-0.2, -0.15) is 0 Å². The quantitative estimate of drug-likeness (QED) is 0.819. The molecule has 0 aliphatic carbocycles. The van der Waals surface area contributed by atoms with E-state index < -0.39 is 0 Å². The van der Waals surface area contributed by atoms with Gasteiger partial charge in [0.15, 0.2) is 0 Å². The molecule has 0 saturated carbocycles. The summed E-state index contributed by atoms with van der Waals surface area (Å²) in [5, 5.41) is 3.29. The van der Waals surface area contributed by atoms with Gasteiger partial charge in [-0.15, -0.1) is 0 Å². The van der Waals surface area contributed by atoms with Gasteiger partial charge in [-0.05, 0) is 44.5 Å². The molecule has 84 valence electrons. The summed E-state index contributed by atoms with van der Waals surface area (Å²) in [4.78, 5) is 0. The molecule has 2 atom stereocenters. The third-order valence-electron chi connectivity index (χ3n) is 3.04. The van der Waals surface area contributed by atoms with Gasteiger partial charge in [0.2, 0.25) is 0 Å². The Morgan fingerprint density at radius 3 is 2.33 bits per heavy atom. The van der Waals surface area contributed by atoms with Crippen molar-refractivity contribution >= 4 is 0 Å². The predicted molar refractivity (Wildman–Crippen MR) is 64.2 cm³/mol. The number of nitrogens with one attached hydrogen (secondary N) is 1. The van der Waals surface area contributed by atoms with E-state index in [1.807, 2.05) is 7.05 Å². The lowest BCUT2D eigenvalue weighted by molar-refractivity contribution is 0.0857. The number of benzene rings is 1. The molecule has 0 aromatic heterocycles. The van der Waals surface area contributed by atoms with Crippen molar-refractivity contribution in [2.75, 3.05) is 14.2 Å². The molecule has 1 rings (SSSR count). The smallest absolute Gasteiger partial charge is 0.0737 e. The topological polar surface area (TPSA) is 21.3 Å². The molecule has 0 fully saturated rings. The van der Waals surface area contributed by atoms with Gasteiger partial charge < -0.3 is 10.1 Å². The molecule has 0 bridgehead atoms. The standard InChI is InChI=1S/C13H21NO/c1-9-6-7-12(8-10(9)2)13(14-4)11(3)15-5/h6-8,11,13-14H,1-5H3. The summed E-state index contributed by atoms with van der Waals surface area (Å²) in [6.45, 7) is 6.35. The summed E-state index contributed by atoms with van der Waals surface area (Å²) in [5.74, 6) is 0. The van der Waals surface area contributed by atoms with Crippen molar-refractivity contribution in [3.8, 4) is 0 Å². The molecule has 2 heteroatoms. The Hall–Kier alpha value is -0.860.